The summed E-state index contributed by atoms with van der Waals surface area (Å²) in [7, 11) is 0. The average Bonchev–Trinajstić information content (AvgIpc) is 2.48. The molecule has 0 radical (unpaired) electrons. The second kappa shape index (κ2) is 7.33. The topological polar surface area (TPSA) is 50.7 Å². The Hall–Kier alpha value is -1.49. The van der Waals surface area contributed by atoms with E-state index in [9.17, 15) is 0 Å². The number of nitrogens with one attached hydrogen (secondary N) is 1. The Morgan fingerprint density at radius 1 is 1.25 bits per heavy atom. The van der Waals surface area contributed by atoms with E-state index < -0.39 is 0 Å². The first-order chi connectivity index (χ1) is 9.74. The first-order valence-electron chi connectivity index (χ1n) is 6.92. The van der Waals surface area contributed by atoms with Gasteiger partial charge >= 0.3 is 0 Å². The normalized spacial score (nSPS) is 10.6. The zero-order valence-corrected chi connectivity index (χ0v) is 13.4. The molecule has 0 fully saturated rings. The van der Waals surface area contributed by atoms with Gasteiger partial charge in [0.2, 0.25) is 0 Å². The Kier molecular flexibility index (Phi) is 5.47. The molecule has 2 rings (SSSR count). The molecule has 0 amide bonds. The summed E-state index contributed by atoms with van der Waals surface area (Å²) >= 11 is 3.59. The molecule has 0 saturated heterocycles. The second-order valence-corrected chi connectivity index (χ2v) is 5.36. The molecule has 0 atom stereocenters. The van der Waals surface area contributed by atoms with Crippen molar-refractivity contribution in [2.45, 2.75) is 33.1 Å². The number of rotatable bonds is 6. The van der Waals surface area contributed by atoms with Crippen molar-refractivity contribution < 1.29 is 0 Å². The number of pyridine rings is 1. The van der Waals surface area contributed by atoms with E-state index in [1.807, 2.05) is 18.3 Å². The van der Waals surface area contributed by atoms with Gasteiger partial charge in [0.25, 0.3) is 0 Å². The number of aryl methyl sites for hydroxylation is 1. The van der Waals surface area contributed by atoms with Gasteiger partial charge in [0.1, 0.15) is 11.6 Å². The van der Waals surface area contributed by atoms with Crippen LogP contribution >= 0.6 is 15.9 Å². The predicted octanol–water partition coefficient (Wildman–Crippen LogP) is 3.61. The minimum absolute atomic E-state index is 0.703. The fourth-order valence-corrected chi connectivity index (χ4v) is 2.50. The number of anilines is 1. The SMILES string of the molecule is CCCNc1nc(Cc2cccnc2)nc(CC)c1Br. The zero-order valence-electron chi connectivity index (χ0n) is 11.9. The van der Waals surface area contributed by atoms with E-state index in [2.05, 4.69) is 50.0 Å². The second-order valence-electron chi connectivity index (χ2n) is 4.57. The Bertz CT molecular complexity index is 557. The van der Waals surface area contributed by atoms with Crippen molar-refractivity contribution >= 4 is 21.7 Å². The maximum Gasteiger partial charge on any atom is 0.144 e. The van der Waals surface area contributed by atoms with Gasteiger partial charge in [-0.15, -0.1) is 0 Å². The van der Waals surface area contributed by atoms with Gasteiger partial charge in [-0.2, -0.15) is 0 Å². The largest absolute Gasteiger partial charge is 0.369 e. The number of nitrogens with zero attached hydrogens (tertiary/aromatic N) is 3. The van der Waals surface area contributed by atoms with E-state index in [-0.39, 0.29) is 0 Å². The van der Waals surface area contributed by atoms with Gasteiger partial charge in [0.15, 0.2) is 0 Å². The van der Waals surface area contributed by atoms with E-state index in [1.165, 1.54) is 0 Å². The van der Waals surface area contributed by atoms with Crippen LogP contribution in [-0.2, 0) is 12.8 Å². The molecule has 0 aliphatic rings. The molecule has 106 valence electrons. The number of hydrogen-bond donors (Lipinski definition) is 1. The van der Waals surface area contributed by atoms with Crippen LogP contribution in [0.3, 0.4) is 0 Å². The van der Waals surface area contributed by atoms with E-state index in [1.54, 1.807) is 6.20 Å². The van der Waals surface area contributed by atoms with Crippen LogP contribution in [0.5, 0.6) is 0 Å². The van der Waals surface area contributed by atoms with Crippen LogP contribution in [0.15, 0.2) is 29.0 Å². The summed E-state index contributed by atoms with van der Waals surface area (Å²) in [6, 6.07) is 3.98. The molecule has 0 saturated carbocycles. The summed E-state index contributed by atoms with van der Waals surface area (Å²) in [5.41, 5.74) is 2.16. The summed E-state index contributed by atoms with van der Waals surface area (Å²) in [6.45, 7) is 5.15. The molecule has 2 aromatic rings. The lowest BCUT2D eigenvalue weighted by molar-refractivity contribution is 0.881. The minimum Gasteiger partial charge on any atom is -0.369 e. The number of aromatic nitrogens is 3. The molecular formula is C15H19BrN4. The van der Waals surface area contributed by atoms with Crippen molar-refractivity contribution in [3.63, 3.8) is 0 Å². The van der Waals surface area contributed by atoms with Crippen LogP contribution in [0.2, 0.25) is 0 Å². The van der Waals surface area contributed by atoms with Crippen molar-refractivity contribution in [1.29, 1.82) is 0 Å². The first kappa shape index (κ1) is 14.9. The van der Waals surface area contributed by atoms with Gasteiger partial charge < -0.3 is 5.32 Å². The number of halogens is 1. The van der Waals surface area contributed by atoms with Crippen LogP contribution in [0.4, 0.5) is 5.82 Å². The van der Waals surface area contributed by atoms with Crippen LogP contribution in [0.1, 0.15) is 37.4 Å². The van der Waals surface area contributed by atoms with Crippen LogP contribution < -0.4 is 5.32 Å². The molecule has 20 heavy (non-hydrogen) atoms. The lowest BCUT2D eigenvalue weighted by atomic mass is 10.2. The van der Waals surface area contributed by atoms with Crippen LogP contribution in [-0.4, -0.2) is 21.5 Å². The molecule has 0 bridgehead atoms. The third-order valence-corrected chi connectivity index (χ3v) is 3.76. The van der Waals surface area contributed by atoms with E-state index >= 15 is 0 Å². The molecule has 0 aliphatic heterocycles. The Morgan fingerprint density at radius 2 is 2.10 bits per heavy atom. The summed E-state index contributed by atoms with van der Waals surface area (Å²) in [5.74, 6) is 1.72. The molecule has 0 aliphatic carbocycles. The molecule has 4 nitrogen and oxygen atoms in total. The van der Waals surface area contributed by atoms with Gasteiger partial charge in [-0.05, 0) is 40.4 Å². The smallest absolute Gasteiger partial charge is 0.144 e. The Morgan fingerprint density at radius 3 is 2.75 bits per heavy atom. The maximum absolute atomic E-state index is 4.63. The van der Waals surface area contributed by atoms with Gasteiger partial charge in [-0.25, -0.2) is 9.97 Å². The third kappa shape index (κ3) is 3.76. The Labute approximate surface area is 128 Å². The standard InChI is InChI=1S/C15H19BrN4/c1-3-7-18-15-14(16)12(4-2)19-13(20-15)9-11-6-5-8-17-10-11/h5-6,8,10H,3-4,7,9H2,1-2H3,(H,18,19,20). The van der Waals surface area contributed by atoms with Crippen molar-refractivity contribution in [2.24, 2.45) is 0 Å². The monoisotopic (exact) mass is 334 g/mol. The maximum atomic E-state index is 4.63. The fourth-order valence-electron chi connectivity index (χ4n) is 1.90. The molecule has 5 heteroatoms. The summed E-state index contributed by atoms with van der Waals surface area (Å²) in [6.07, 6.45) is 6.28. The van der Waals surface area contributed by atoms with Crippen LogP contribution in [0.25, 0.3) is 0 Å². The highest BCUT2D eigenvalue weighted by Crippen LogP contribution is 2.24. The van der Waals surface area contributed by atoms with Crippen molar-refractivity contribution in [1.82, 2.24) is 15.0 Å². The van der Waals surface area contributed by atoms with Crippen LogP contribution in [0, 0.1) is 0 Å². The molecule has 0 aromatic carbocycles. The van der Waals surface area contributed by atoms with E-state index in [0.29, 0.717) is 6.42 Å². The van der Waals surface area contributed by atoms with Gasteiger partial charge in [0.05, 0.1) is 10.2 Å². The summed E-state index contributed by atoms with van der Waals surface area (Å²) < 4.78 is 0.975. The quantitative estimate of drug-likeness (QED) is 0.876. The highest BCUT2D eigenvalue weighted by Gasteiger charge is 2.11. The minimum atomic E-state index is 0.703. The Balaban J connectivity index is 2.28. The van der Waals surface area contributed by atoms with E-state index in [4.69, 9.17) is 0 Å². The van der Waals surface area contributed by atoms with Gasteiger partial charge in [0, 0.05) is 25.4 Å². The molecule has 2 heterocycles. The van der Waals surface area contributed by atoms with Crippen molar-refractivity contribution in [3.8, 4) is 0 Å². The number of hydrogen-bond acceptors (Lipinski definition) is 4. The average molecular weight is 335 g/mol. The van der Waals surface area contributed by atoms with E-state index in [0.717, 1.165) is 46.8 Å². The summed E-state index contributed by atoms with van der Waals surface area (Å²) in [5, 5.41) is 3.35. The van der Waals surface area contributed by atoms with Gasteiger partial charge in [-0.1, -0.05) is 19.9 Å². The third-order valence-electron chi connectivity index (χ3n) is 2.93. The lowest BCUT2D eigenvalue weighted by Gasteiger charge is -2.11. The molecule has 0 spiro atoms. The molecule has 1 N–H and O–H groups in total. The zero-order chi connectivity index (χ0) is 14.4. The molecule has 2 aromatic heterocycles. The highest BCUT2D eigenvalue weighted by atomic mass is 79.9. The highest BCUT2D eigenvalue weighted by molar-refractivity contribution is 9.10. The molecular weight excluding hydrogens is 316 g/mol. The van der Waals surface area contributed by atoms with Crippen molar-refractivity contribution in [2.75, 3.05) is 11.9 Å². The molecule has 0 unspecified atom stereocenters. The lowest BCUT2D eigenvalue weighted by Crippen LogP contribution is -2.09. The van der Waals surface area contributed by atoms with Crippen molar-refractivity contribution in [3.05, 3.63) is 46.1 Å². The van der Waals surface area contributed by atoms with Gasteiger partial charge in [-0.3, -0.25) is 4.98 Å². The summed E-state index contributed by atoms with van der Waals surface area (Å²) in [4.78, 5) is 13.4. The first-order valence-corrected chi connectivity index (χ1v) is 7.72. The fraction of sp³-hybridized carbons (Fsp3) is 0.400. The predicted molar refractivity (Wildman–Crippen MR) is 84.9 cm³/mol.